The molecular formula is C18H14N2Na2O7S2. The molecule has 0 saturated carbocycles. The van der Waals surface area contributed by atoms with Crippen molar-refractivity contribution in [3.05, 3.63) is 53.6 Å². The molecule has 0 radical (unpaired) electrons. The summed E-state index contributed by atoms with van der Waals surface area (Å²) < 4.78 is 68.5. The average Bonchev–Trinajstić information content (AvgIpc) is 2.59. The molecule has 3 rings (SSSR count). The Morgan fingerprint density at radius 3 is 2.03 bits per heavy atom. The van der Waals surface area contributed by atoms with E-state index in [9.17, 15) is 31.0 Å². The van der Waals surface area contributed by atoms with Gasteiger partial charge >= 0.3 is 59.1 Å². The Morgan fingerprint density at radius 2 is 1.48 bits per heavy atom. The molecule has 0 bridgehead atoms. The number of phenols is 1. The van der Waals surface area contributed by atoms with Crippen LogP contribution in [0.4, 0.5) is 11.4 Å². The normalized spacial score (nSPS) is 11.9. The molecule has 3 aromatic rings. The number of hydrogen-bond acceptors (Lipinski definition) is 9. The molecule has 31 heavy (non-hydrogen) atoms. The maximum Gasteiger partial charge on any atom is 1.00 e. The zero-order valence-electron chi connectivity index (χ0n) is 17.1. The molecule has 0 heterocycles. The quantitative estimate of drug-likeness (QED) is 0.243. The number of aromatic hydroxyl groups is 1. The van der Waals surface area contributed by atoms with E-state index < -0.39 is 41.5 Å². The maximum absolute atomic E-state index is 11.5. The van der Waals surface area contributed by atoms with E-state index in [0.717, 1.165) is 35.4 Å². The molecule has 152 valence electrons. The molecule has 1 N–H and O–H groups in total. The number of rotatable bonds is 4. The number of nitrogens with zero attached hydrogens (tertiary/aromatic N) is 2. The van der Waals surface area contributed by atoms with E-state index in [2.05, 4.69) is 10.2 Å². The summed E-state index contributed by atoms with van der Waals surface area (Å²) >= 11 is 0. The van der Waals surface area contributed by atoms with Gasteiger partial charge in [-0.2, -0.15) is 5.11 Å². The summed E-state index contributed by atoms with van der Waals surface area (Å²) in [6, 6.07) is 9.17. The van der Waals surface area contributed by atoms with E-state index in [1.54, 1.807) is 19.1 Å². The van der Waals surface area contributed by atoms with Crippen LogP contribution >= 0.6 is 0 Å². The predicted molar refractivity (Wildman–Crippen MR) is 102 cm³/mol. The Balaban J connectivity index is 0.00000240. The average molecular weight is 480 g/mol. The molecule has 0 aliphatic rings. The minimum Gasteiger partial charge on any atom is -0.744 e. The van der Waals surface area contributed by atoms with Crippen LogP contribution in [0.15, 0.2) is 62.5 Å². The largest absolute Gasteiger partial charge is 1.00 e. The van der Waals surface area contributed by atoms with Gasteiger partial charge in [-0.25, -0.2) is 16.8 Å². The second-order valence-corrected chi connectivity index (χ2v) is 9.08. The van der Waals surface area contributed by atoms with E-state index in [-0.39, 0.29) is 69.9 Å². The topological polar surface area (TPSA) is 159 Å². The molecular weight excluding hydrogens is 466 g/mol. The summed E-state index contributed by atoms with van der Waals surface area (Å²) in [7, 11) is -9.89. The second-order valence-electron chi connectivity index (χ2n) is 6.35. The van der Waals surface area contributed by atoms with Gasteiger partial charge in [-0.3, -0.25) is 0 Å². The maximum atomic E-state index is 11.5. The molecule has 0 amide bonds. The summed E-state index contributed by atoms with van der Waals surface area (Å²) in [5.41, 5.74) is 1.68. The molecule has 0 fully saturated rings. The number of phenolic OH excluding ortho intramolecular Hbond substituents is 1. The Kier molecular flexibility index (Phi) is 9.44. The Hall–Kier alpha value is -0.860. The number of aryl methyl sites for hydroxylation is 2. The SMILES string of the molecule is Cc1ccc(N=Nc2c(O)c(S(=O)(=O)[O-])cc3ccc(S(=O)(=O)[O-])cc23)c(C)c1.[Na+].[Na+]. The summed E-state index contributed by atoms with van der Waals surface area (Å²) in [6.07, 6.45) is 0. The van der Waals surface area contributed by atoms with Gasteiger partial charge in [-0.05, 0) is 49.1 Å². The van der Waals surface area contributed by atoms with Gasteiger partial charge in [0, 0.05) is 5.39 Å². The molecule has 3 aromatic carbocycles. The molecule has 0 spiro atoms. The van der Waals surface area contributed by atoms with Gasteiger partial charge in [-0.1, -0.05) is 23.8 Å². The molecule has 9 nitrogen and oxygen atoms in total. The van der Waals surface area contributed by atoms with Gasteiger partial charge in [0.25, 0.3) is 0 Å². The number of azo groups is 1. The van der Waals surface area contributed by atoms with E-state index in [4.69, 9.17) is 0 Å². The van der Waals surface area contributed by atoms with Crippen molar-refractivity contribution in [1.82, 2.24) is 0 Å². The zero-order valence-corrected chi connectivity index (χ0v) is 22.8. The van der Waals surface area contributed by atoms with Crippen LogP contribution in [0.5, 0.6) is 5.75 Å². The van der Waals surface area contributed by atoms with Gasteiger partial charge in [0.15, 0.2) is 5.75 Å². The molecule has 13 heteroatoms. The molecule has 0 saturated heterocycles. The van der Waals surface area contributed by atoms with Crippen LogP contribution in [0, 0.1) is 13.8 Å². The first-order chi connectivity index (χ1) is 13.4. The fourth-order valence-electron chi connectivity index (χ4n) is 2.79. The van der Waals surface area contributed by atoms with Crippen LogP contribution in [0.3, 0.4) is 0 Å². The van der Waals surface area contributed by atoms with Crippen molar-refractivity contribution < 1.29 is 90.2 Å². The predicted octanol–water partition coefficient (Wildman–Crippen LogP) is -2.61. The van der Waals surface area contributed by atoms with Crippen LogP contribution in [0.1, 0.15) is 11.1 Å². The van der Waals surface area contributed by atoms with Crippen molar-refractivity contribution in [3.8, 4) is 5.75 Å². The van der Waals surface area contributed by atoms with Crippen molar-refractivity contribution in [1.29, 1.82) is 0 Å². The first-order valence-corrected chi connectivity index (χ1v) is 10.9. The number of hydrogen-bond donors (Lipinski definition) is 1. The minimum absolute atomic E-state index is 0. The van der Waals surface area contributed by atoms with E-state index >= 15 is 0 Å². The van der Waals surface area contributed by atoms with Gasteiger partial charge in [0.1, 0.15) is 25.9 Å². The third kappa shape index (κ3) is 6.35. The fourth-order valence-corrected chi connectivity index (χ4v) is 3.89. The first kappa shape index (κ1) is 28.2. The molecule has 0 aliphatic carbocycles. The van der Waals surface area contributed by atoms with Gasteiger partial charge in [0.05, 0.1) is 15.5 Å². The summed E-state index contributed by atoms with van der Waals surface area (Å²) in [5, 5.41) is 18.2. The third-order valence-corrected chi connectivity index (χ3v) is 5.87. The van der Waals surface area contributed by atoms with Crippen molar-refractivity contribution in [3.63, 3.8) is 0 Å². The van der Waals surface area contributed by atoms with E-state index in [0.29, 0.717) is 5.69 Å². The van der Waals surface area contributed by atoms with E-state index in [1.165, 1.54) is 0 Å². The molecule has 0 aromatic heterocycles. The monoisotopic (exact) mass is 480 g/mol. The van der Waals surface area contributed by atoms with Crippen molar-refractivity contribution in [2.75, 3.05) is 0 Å². The smallest absolute Gasteiger partial charge is 0.744 e. The van der Waals surface area contributed by atoms with Crippen LogP contribution in [-0.4, -0.2) is 31.0 Å². The summed E-state index contributed by atoms with van der Waals surface area (Å²) in [5.74, 6) is -0.985. The summed E-state index contributed by atoms with van der Waals surface area (Å²) in [6.45, 7) is 3.64. The molecule has 0 aliphatic heterocycles. The van der Waals surface area contributed by atoms with Gasteiger partial charge in [0.2, 0.25) is 0 Å². The second kappa shape index (κ2) is 10.4. The fraction of sp³-hybridized carbons (Fsp3) is 0.111. The first-order valence-electron chi connectivity index (χ1n) is 8.08. The summed E-state index contributed by atoms with van der Waals surface area (Å²) in [4.78, 5) is -1.54. The molecule has 0 atom stereocenters. The Morgan fingerprint density at radius 1 is 0.839 bits per heavy atom. The zero-order chi connectivity index (χ0) is 21.6. The van der Waals surface area contributed by atoms with Crippen LogP contribution in [-0.2, 0) is 20.2 Å². The minimum atomic E-state index is -5.06. The van der Waals surface area contributed by atoms with E-state index in [1.807, 2.05) is 13.0 Å². The molecule has 0 unspecified atom stereocenters. The van der Waals surface area contributed by atoms with Crippen LogP contribution in [0.25, 0.3) is 10.8 Å². The van der Waals surface area contributed by atoms with Gasteiger partial charge in [-0.15, -0.1) is 5.11 Å². The Bertz CT molecular complexity index is 1390. The van der Waals surface area contributed by atoms with Gasteiger partial charge < -0.3 is 14.2 Å². The standard InChI is InChI=1S/C18H16N2O7S2.2Na/c1-10-3-6-15(11(2)7-10)19-20-17-14-9-13(28(22,23)24)5-4-12(14)8-16(18(17)21)29(25,26)27;;/h3-9,21H,1-2H3,(H,22,23,24)(H,25,26,27);;/q;2*+1/p-2. The third-order valence-electron chi connectivity index (χ3n) is 4.19. The van der Waals surface area contributed by atoms with Crippen molar-refractivity contribution in [2.24, 2.45) is 10.2 Å². The van der Waals surface area contributed by atoms with Crippen molar-refractivity contribution >= 4 is 42.4 Å². The van der Waals surface area contributed by atoms with Crippen molar-refractivity contribution in [2.45, 2.75) is 23.6 Å². The number of fused-ring (bicyclic) bond motifs is 1. The van der Waals surface area contributed by atoms with Crippen LogP contribution in [0.2, 0.25) is 0 Å². The van der Waals surface area contributed by atoms with Crippen LogP contribution < -0.4 is 59.1 Å². The number of benzene rings is 3. The Labute approximate surface area is 223 Å².